The SMILES string of the molecule is CNC(=O)[C@@H](C)N(Cc1cccc(OC)c1)C(=O)CN(c1cccc(Br)c1)S(=O)(=O)c1ccc(C)cc1. The van der Waals surface area contributed by atoms with Crippen LogP contribution in [0.5, 0.6) is 5.75 Å². The Hall–Kier alpha value is -3.37. The highest BCUT2D eigenvalue weighted by Gasteiger charge is 2.32. The number of rotatable bonds is 10. The van der Waals surface area contributed by atoms with Crippen LogP contribution in [-0.2, 0) is 26.2 Å². The summed E-state index contributed by atoms with van der Waals surface area (Å²) in [5, 5.41) is 2.57. The summed E-state index contributed by atoms with van der Waals surface area (Å²) in [4.78, 5) is 27.7. The van der Waals surface area contributed by atoms with Gasteiger partial charge in [-0.05, 0) is 61.9 Å². The van der Waals surface area contributed by atoms with Gasteiger partial charge in [0, 0.05) is 18.1 Å². The maximum atomic E-state index is 13.8. The lowest BCUT2D eigenvalue weighted by atomic mass is 10.1. The lowest BCUT2D eigenvalue weighted by Gasteiger charge is -2.32. The Balaban J connectivity index is 2.03. The molecule has 0 fully saturated rings. The number of carbonyl (C=O) groups excluding carboxylic acids is 2. The number of sulfonamides is 1. The third kappa shape index (κ3) is 6.90. The van der Waals surface area contributed by atoms with Crippen molar-refractivity contribution >= 4 is 43.5 Å². The van der Waals surface area contributed by atoms with E-state index in [0.717, 1.165) is 15.4 Å². The number of nitrogens with zero attached hydrogens (tertiary/aromatic N) is 2. The van der Waals surface area contributed by atoms with Crippen LogP contribution in [0.25, 0.3) is 0 Å². The molecule has 0 unspecified atom stereocenters. The third-order valence-electron chi connectivity index (χ3n) is 5.88. The van der Waals surface area contributed by atoms with Gasteiger partial charge in [-0.15, -0.1) is 0 Å². The number of amides is 2. The summed E-state index contributed by atoms with van der Waals surface area (Å²) in [6.07, 6.45) is 0. The molecule has 2 amide bonds. The van der Waals surface area contributed by atoms with Gasteiger partial charge in [0.15, 0.2) is 0 Å². The van der Waals surface area contributed by atoms with Gasteiger partial charge >= 0.3 is 0 Å². The summed E-state index contributed by atoms with van der Waals surface area (Å²) >= 11 is 3.39. The average Bonchev–Trinajstić information content (AvgIpc) is 2.89. The van der Waals surface area contributed by atoms with E-state index in [2.05, 4.69) is 21.2 Å². The predicted octanol–water partition coefficient (Wildman–Crippen LogP) is 4.12. The van der Waals surface area contributed by atoms with Crippen molar-refractivity contribution in [3.8, 4) is 5.75 Å². The van der Waals surface area contributed by atoms with Gasteiger partial charge in [-0.25, -0.2) is 8.42 Å². The molecule has 3 aromatic carbocycles. The predicted molar refractivity (Wildman–Crippen MR) is 147 cm³/mol. The van der Waals surface area contributed by atoms with Gasteiger partial charge in [0.1, 0.15) is 18.3 Å². The molecule has 0 saturated heterocycles. The normalized spacial score (nSPS) is 11.9. The summed E-state index contributed by atoms with van der Waals surface area (Å²) in [6.45, 7) is 3.05. The van der Waals surface area contributed by atoms with Crippen molar-refractivity contribution in [1.29, 1.82) is 0 Å². The lowest BCUT2D eigenvalue weighted by Crippen LogP contribution is -2.50. The summed E-state index contributed by atoms with van der Waals surface area (Å²) in [6, 6.07) is 19.5. The number of hydrogen-bond donors (Lipinski definition) is 1. The minimum absolute atomic E-state index is 0.0598. The van der Waals surface area contributed by atoms with E-state index < -0.39 is 28.5 Å². The molecule has 0 aliphatic carbocycles. The summed E-state index contributed by atoms with van der Waals surface area (Å²) < 4.78 is 34.5. The highest BCUT2D eigenvalue weighted by Crippen LogP contribution is 2.27. The molecular formula is C27H30BrN3O5S. The van der Waals surface area contributed by atoms with E-state index >= 15 is 0 Å². The van der Waals surface area contributed by atoms with Gasteiger partial charge in [-0.2, -0.15) is 0 Å². The third-order valence-corrected chi connectivity index (χ3v) is 8.17. The van der Waals surface area contributed by atoms with Crippen LogP contribution in [0.4, 0.5) is 5.69 Å². The average molecular weight is 589 g/mol. The van der Waals surface area contributed by atoms with Crippen LogP contribution in [0.15, 0.2) is 82.2 Å². The van der Waals surface area contributed by atoms with Gasteiger partial charge in [0.2, 0.25) is 11.8 Å². The van der Waals surface area contributed by atoms with E-state index in [4.69, 9.17) is 4.74 Å². The van der Waals surface area contributed by atoms with Crippen molar-refractivity contribution in [2.24, 2.45) is 0 Å². The van der Waals surface area contributed by atoms with Crippen LogP contribution in [0.1, 0.15) is 18.1 Å². The number of carbonyl (C=O) groups is 2. The van der Waals surface area contributed by atoms with Gasteiger partial charge in [0.25, 0.3) is 10.0 Å². The van der Waals surface area contributed by atoms with E-state index in [0.29, 0.717) is 15.9 Å². The molecule has 0 aliphatic rings. The molecule has 3 rings (SSSR count). The molecule has 0 radical (unpaired) electrons. The second-order valence-corrected chi connectivity index (χ2v) is 11.2. The molecule has 0 spiro atoms. The van der Waals surface area contributed by atoms with Gasteiger partial charge < -0.3 is 15.0 Å². The molecule has 10 heteroatoms. The first-order valence-corrected chi connectivity index (χ1v) is 13.8. The first-order valence-electron chi connectivity index (χ1n) is 11.6. The van der Waals surface area contributed by atoms with E-state index in [9.17, 15) is 18.0 Å². The largest absolute Gasteiger partial charge is 0.497 e. The molecule has 37 heavy (non-hydrogen) atoms. The lowest BCUT2D eigenvalue weighted by molar-refractivity contribution is -0.139. The zero-order valence-electron chi connectivity index (χ0n) is 21.1. The summed E-state index contributed by atoms with van der Waals surface area (Å²) in [5.74, 6) is -0.295. The Labute approximate surface area is 226 Å². The molecule has 8 nitrogen and oxygen atoms in total. The highest BCUT2D eigenvalue weighted by atomic mass is 79.9. The molecule has 0 bridgehead atoms. The number of nitrogens with one attached hydrogen (secondary N) is 1. The maximum absolute atomic E-state index is 13.8. The van der Waals surface area contributed by atoms with Crippen molar-refractivity contribution in [1.82, 2.24) is 10.2 Å². The first-order chi connectivity index (χ1) is 17.6. The first kappa shape index (κ1) is 28.2. The minimum atomic E-state index is -4.11. The molecule has 196 valence electrons. The van der Waals surface area contributed by atoms with Crippen molar-refractivity contribution in [3.05, 3.63) is 88.4 Å². The fourth-order valence-corrected chi connectivity index (χ4v) is 5.55. The van der Waals surface area contributed by atoms with Crippen LogP contribution in [0, 0.1) is 6.92 Å². The smallest absolute Gasteiger partial charge is 0.264 e. The van der Waals surface area contributed by atoms with Gasteiger partial charge in [-0.3, -0.25) is 13.9 Å². The number of anilines is 1. The second-order valence-electron chi connectivity index (χ2n) is 8.47. The van der Waals surface area contributed by atoms with Crippen LogP contribution < -0.4 is 14.4 Å². The summed E-state index contributed by atoms with van der Waals surface area (Å²) in [5.41, 5.74) is 1.96. The zero-order chi connectivity index (χ0) is 27.2. The molecule has 0 aliphatic heterocycles. The molecule has 1 atom stereocenters. The Morgan fingerprint density at radius 1 is 1.03 bits per heavy atom. The van der Waals surface area contributed by atoms with Crippen LogP contribution >= 0.6 is 15.9 Å². The van der Waals surface area contributed by atoms with E-state index in [1.165, 1.54) is 24.1 Å². The number of hydrogen-bond acceptors (Lipinski definition) is 5. The number of ether oxygens (including phenoxy) is 1. The van der Waals surface area contributed by atoms with Crippen molar-refractivity contribution in [2.45, 2.75) is 31.3 Å². The van der Waals surface area contributed by atoms with E-state index in [1.54, 1.807) is 68.6 Å². The monoisotopic (exact) mass is 587 g/mol. The Morgan fingerprint density at radius 2 is 1.70 bits per heavy atom. The van der Waals surface area contributed by atoms with Crippen LogP contribution in [0.2, 0.25) is 0 Å². The van der Waals surface area contributed by atoms with Crippen LogP contribution in [0.3, 0.4) is 0 Å². The quantitative estimate of drug-likeness (QED) is 0.385. The van der Waals surface area contributed by atoms with Crippen molar-refractivity contribution < 1.29 is 22.7 Å². The number of aryl methyl sites for hydroxylation is 1. The van der Waals surface area contributed by atoms with E-state index in [1.807, 2.05) is 13.0 Å². The molecular weight excluding hydrogens is 558 g/mol. The molecule has 0 aromatic heterocycles. The van der Waals surface area contributed by atoms with E-state index in [-0.39, 0.29) is 17.3 Å². The van der Waals surface area contributed by atoms with Crippen molar-refractivity contribution in [2.75, 3.05) is 25.0 Å². The molecule has 0 heterocycles. The van der Waals surface area contributed by atoms with Gasteiger partial charge in [0.05, 0.1) is 17.7 Å². The topological polar surface area (TPSA) is 96.0 Å². The molecule has 3 aromatic rings. The Kier molecular flexibility index (Phi) is 9.34. The van der Waals surface area contributed by atoms with Crippen LogP contribution in [-0.4, -0.2) is 51.9 Å². The fourth-order valence-electron chi connectivity index (χ4n) is 3.76. The zero-order valence-corrected chi connectivity index (χ0v) is 23.5. The number of methoxy groups -OCH3 is 1. The standard InChI is InChI=1S/C27H30BrN3O5S/c1-19-11-13-25(14-12-19)37(34,35)31(23-9-6-8-22(28)16-23)18-26(32)30(20(2)27(33)29-3)17-21-7-5-10-24(15-21)36-4/h5-16,20H,17-18H2,1-4H3,(H,29,33)/t20-/m1/s1. The Bertz CT molecular complexity index is 1360. The highest BCUT2D eigenvalue weighted by molar-refractivity contribution is 9.10. The molecule has 1 N–H and O–H groups in total. The summed E-state index contributed by atoms with van der Waals surface area (Å²) in [7, 11) is -1.08. The number of benzene rings is 3. The van der Waals surface area contributed by atoms with Crippen molar-refractivity contribution in [3.63, 3.8) is 0 Å². The molecule has 0 saturated carbocycles. The fraction of sp³-hybridized carbons (Fsp3) is 0.259. The maximum Gasteiger partial charge on any atom is 0.264 e. The number of halogens is 1. The number of likely N-dealkylation sites (N-methyl/N-ethyl adjacent to an activating group) is 1. The van der Waals surface area contributed by atoms with Gasteiger partial charge in [-0.1, -0.05) is 51.8 Å². The minimum Gasteiger partial charge on any atom is -0.497 e. The second kappa shape index (κ2) is 12.2. The Morgan fingerprint density at radius 3 is 2.32 bits per heavy atom.